The Bertz CT molecular complexity index is 916. The highest BCUT2D eigenvalue weighted by atomic mass is 16.5. The molecule has 0 spiro atoms. The van der Waals surface area contributed by atoms with E-state index >= 15 is 0 Å². The molecule has 7 heteroatoms. The van der Waals surface area contributed by atoms with Gasteiger partial charge in [-0.15, -0.1) is 0 Å². The van der Waals surface area contributed by atoms with Crippen LogP contribution < -0.4 is 9.47 Å². The number of benzene rings is 1. The van der Waals surface area contributed by atoms with Crippen molar-refractivity contribution >= 4 is 11.9 Å². The van der Waals surface area contributed by atoms with Gasteiger partial charge in [-0.05, 0) is 56.0 Å². The summed E-state index contributed by atoms with van der Waals surface area (Å²) in [6, 6.07) is 3.90. The molecule has 0 saturated heterocycles. The molecule has 7 nitrogen and oxygen atoms in total. The van der Waals surface area contributed by atoms with E-state index < -0.39 is 5.97 Å². The van der Waals surface area contributed by atoms with Crippen molar-refractivity contribution in [1.29, 1.82) is 0 Å². The molecule has 0 bridgehead atoms. The van der Waals surface area contributed by atoms with Crippen LogP contribution in [0.1, 0.15) is 50.2 Å². The maximum atomic E-state index is 13.2. The lowest BCUT2D eigenvalue weighted by molar-refractivity contribution is 0.0519. The van der Waals surface area contributed by atoms with Crippen molar-refractivity contribution in [1.82, 2.24) is 9.88 Å². The van der Waals surface area contributed by atoms with Gasteiger partial charge in [-0.3, -0.25) is 4.79 Å². The third-order valence-electron chi connectivity index (χ3n) is 5.14. The second-order valence-electron chi connectivity index (χ2n) is 6.80. The number of aryl methyl sites for hydroxylation is 1. The smallest absolute Gasteiger partial charge is 0.355 e. The number of esters is 1. The van der Waals surface area contributed by atoms with Crippen molar-refractivity contribution in [3.63, 3.8) is 0 Å². The summed E-state index contributed by atoms with van der Waals surface area (Å²) in [7, 11) is 3.21. The van der Waals surface area contributed by atoms with Crippen molar-refractivity contribution in [3.8, 4) is 11.5 Å². The molecule has 1 aromatic heterocycles. The van der Waals surface area contributed by atoms with Crippen LogP contribution in [0.4, 0.5) is 0 Å². The molecule has 0 atom stereocenters. The van der Waals surface area contributed by atoms with Crippen LogP contribution in [0.25, 0.3) is 0 Å². The van der Waals surface area contributed by atoms with Gasteiger partial charge in [0.05, 0.1) is 26.4 Å². The Kier molecular flexibility index (Phi) is 5.63. The summed E-state index contributed by atoms with van der Waals surface area (Å²) >= 11 is 0. The van der Waals surface area contributed by atoms with Gasteiger partial charge in [0, 0.05) is 18.8 Å². The zero-order valence-electron chi connectivity index (χ0n) is 17.0. The normalized spacial score (nSPS) is 13.1. The Morgan fingerprint density at radius 2 is 1.75 bits per heavy atom. The molecule has 3 rings (SSSR count). The first-order valence-electron chi connectivity index (χ1n) is 9.30. The van der Waals surface area contributed by atoms with Gasteiger partial charge in [0.2, 0.25) is 0 Å². The Labute approximate surface area is 164 Å². The molecular weight excluding hydrogens is 360 g/mol. The molecule has 2 heterocycles. The largest absolute Gasteiger partial charge is 0.493 e. The van der Waals surface area contributed by atoms with Gasteiger partial charge in [-0.2, -0.15) is 0 Å². The first kappa shape index (κ1) is 19.8. The van der Waals surface area contributed by atoms with E-state index in [9.17, 15) is 9.59 Å². The lowest BCUT2D eigenvalue weighted by atomic mass is 9.97. The Hall–Kier alpha value is -2.96. The van der Waals surface area contributed by atoms with Gasteiger partial charge in [0.1, 0.15) is 5.69 Å². The fourth-order valence-electron chi connectivity index (χ4n) is 3.69. The monoisotopic (exact) mass is 386 g/mol. The molecule has 0 fully saturated rings. The molecule has 0 radical (unpaired) electrons. The summed E-state index contributed by atoms with van der Waals surface area (Å²) in [5, 5.41) is 0. The predicted molar refractivity (Wildman–Crippen MR) is 104 cm³/mol. The van der Waals surface area contributed by atoms with Crippen LogP contribution >= 0.6 is 0 Å². The molecule has 1 aromatic carbocycles. The van der Waals surface area contributed by atoms with Crippen LogP contribution in [-0.4, -0.2) is 49.1 Å². The van der Waals surface area contributed by atoms with E-state index in [1.807, 2.05) is 12.1 Å². The second kappa shape index (κ2) is 7.96. The van der Waals surface area contributed by atoms with Crippen molar-refractivity contribution < 1.29 is 23.8 Å². The molecule has 150 valence electrons. The zero-order chi connectivity index (χ0) is 20.4. The standard InChI is InChI=1S/C21H26N2O5/c1-6-28-21(25)19-12(2)18(13(3)22-19)20(24)23-8-7-14-9-16(26-4)17(27-5)10-15(14)11-23/h9-10,22H,6-8,11H2,1-5H3. The number of rotatable bonds is 5. The molecular formula is C21H26N2O5. The first-order valence-corrected chi connectivity index (χ1v) is 9.30. The van der Waals surface area contributed by atoms with Gasteiger partial charge >= 0.3 is 5.97 Å². The first-order chi connectivity index (χ1) is 13.4. The number of amides is 1. The van der Waals surface area contributed by atoms with Crippen molar-refractivity contribution in [2.45, 2.75) is 33.7 Å². The van der Waals surface area contributed by atoms with Crippen LogP contribution in [0.15, 0.2) is 12.1 Å². The number of hydrogen-bond donors (Lipinski definition) is 1. The summed E-state index contributed by atoms with van der Waals surface area (Å²) in [4.78, 5) is 30.2. The van der Waals surface area contributed by atoms with E-state index in [1.165, 1.54) is 0 Å². The third kappa shape index (κ3) is 3.44. The number of carbonyl (C=O) groups excluding carboxylic acids is 2. The number of methoxy groups -OCH3 is 2. The number of carbonyl (C=O) groups is 2. The Balaban J connectivity index is 1.88. The maximum absolute atomic E-state index is 13.2. The van der Waals surface area contributed by atoms with Gasteiger partial charge in [-0.25, -0.2) is 4.79 Å². The van der Waals surface area contributed by atoms with Gasteiger partial charge in [0.15, 0.2) is 11.5 Å². The minimum absolute atomic E-state index is 0.0952. The van der Waals surface area contributed by atoms with Crippen LogP contribution in [0.5, 0.6) is 11.5 Å². The number of aromatic nitrogens is 1. The fraction of sp³-hybridized carbons (Fsp3) is 0.429. The number of nitrogens with zero attached hydrogens (tertiary/aromatic N) is 1. The zero-order valence-corrected chi connectivity index (χ0v) is 17.0. The van der Waals surface area contributed by atoms with Crippen LogP contribution in [0, 0.1) is 13.8 Å². The minimum atomic E-state index is -0.442. The maximum Gasteiger partial charge on any atom is 0.355 e. The molecule has 2 aromatic rings. The molecule has 1 aliphatic rings. The SMILES string of the molecule is CCOC(=O)c1[nH]c(C)c(C(=O)N2CCc3cc(OC)c(OC)cc3C2)c1C. The summed E-state index contributed by atoms with van der Waals surface area (Å²) in [5.74, 6) is 0.803. The molecule has 0 aliphatic carbocycles. The third-order valence-corrected chi connectivity index (χ3v) is 5.14. The highest BCUT2D eigenvalue weighted by Crippen LogP contribution is 2.34. The van der Waals surface area contributed by atoms with E-state index in [4.69, 9.17) is 14.2 Å². The average molecular weight is 386 g/mol. The van der Waals surface area contributed by atoms with Crippen LogP contribution in [0.2, 0.25) is 0 Å². The summed E-state index contributed by atoms with van der Waals surface area (Å²) in [6.07, 6.45) is 0.731. The quantitative estimate of drug-likeness (QED) is 0.799. The molecule has 1 N–H and O–H groups in total. The number of hydrogen-bond acceptors (Lipinski definition) is 5. The highest BCUT2D eigenvalue weighted by molar-refractivity contribution is 6.01. The average Bonchev–Trinajstić information content (AvgIpc) is 3.00. The topological polar surface area (TPSA) is 80.9 Å². The summed E-state index contributed by atoms with van der Waals surface area (Å²) in [6.45, 7) is 6.69. The number of aromatic amines is 1. The second-order valence-corrected chi connectivity index (χ2v) is 6.80. The van der Waals surface area contributed by atoms with Crippen molar-refractivity contribution in [3.05, 3.63) is 45.8 Å². The van der Waals surface area contributed by atoms with Crippen LogP contribution in [0.3, 0.4) is 0 Å². The number of ether oxygens (including phenoxy) is 3. The lowest BCUT2D eigenvalue weighted by Gasteiger charge is -2.30. The molecule has 0 unspecified atom stereocenters. The summed E-state index contributed by atoms with van der Waals surface area (Å²) < 4.78 is 15.8. The number of H-pyrrole nitrogens is 1. The highest BCUT2D eigenvalue weighted by Gasteiger charge is 2.29. The van der Waals surface area contributed by atoms with E-state index in [0.717, 1.165) is 17.5 Å². The van der Waals surface area contributed by atoms with Crippen molar-refractivity contribution in [2.24, 2.45) is 0 Å². The number of nitrogens with one attached hydrogen (secondary N) is 1. The van der Waals surface area contributed by atoms with E-state index in [0.29, 0.717) is 47.1 Å². The van der Waals surface area contributed by atoms with E-state index in [-0.39, 0.29) is 12.5 Å². The van der Waals surface area contributed by atoms with Gasteiger partial charge in [0.25, 0.3) is 5.91 Å². The Morgan fingerprint density at radius 3 is 2.36 bits per heavy atom. The van der Waals surface area contributed by atoms with Gasteiger partial charge < -0.3 is 24.1 Å². The van der Waals surface area contributed by atoms with Crippen molar-refractivity contribution in [2.75, 3.05) is 27.4 Å². The van der Waals surface area contributed by atoms with Crippen LogP contribution in [-0.2, 0) is 17.7 Å². The van der Waals surface area contributed by atoms with Gasteiger partial charge in [-0.1, -0.05) is 0 Å². The number of fused-ring (bicyclic) bond motifs is 1. The lowest BCUT2D eigenvalue weighted by Crippen LogP contribution is -2.36. The minimum Gasteiger partial charge on any atom is -0.493 e. The Morgan fingerprint density at radius 1 is 1.11 bits per heavy atom. The van der Waals surface area contributed by atoms with E-state index in [1.54, 1.807) is 39.9 Å². The molecule has 1 amide bonds. The fourth-order valence-corrected chi connectivity index (χ4v) is 3.69. The summed E-state index contributed by atoms with van der Waals surface area (Å²) in [5.41, 5.74) is 4.35. The predicted octanol–water partition coefficient (Wildman–Crippen LogP) is 3.02. The van der Waals surface area contributed by atoms with E-state index in [2.05, 4.69) is 4.98 Å². The molecule has 28 heavy (non-hydrogen) atoms. The molecule has 1 aliphatic heterocycles. The molecule has 0 saturated carbocycles.